The maximum Gasteiger partial charge on any atom is 0.270 e. The Kier molecular flexibility index (Phi) is 6.28. The van der Waals surface area contributed by atoms with Gasteiger partial charge in [0.15, 0.2) is 17.3 Å². The maximum absolute atomic E-state index is 12.5. The molecule has 0 saturated carbocycles. The third-order valence-electron chi connectivity index (χ3n) is 4.10. The van der Waals surface area contributed by atoms with Gasteiger partial charge >= 0.3 is 0 Å². The Morgan fingerprint density at radius 2 is 1.83 bits per heavy atom. The van der Waals surface area contributed by atoms with Crippen LogP contribution in [0.2, 0.25) is 0 Å². The van der Waals surface area contributed by atoms with Crippen LogP contribution in [0.3, 0.4) is 0 Å². The fourth-order valence-corrected chi connectivity index (χ4v) is 2.75. The Morgan fingerprint density at radius 1 is 1.03 bits per heavy atom. The molecule has 0 aliphatic carbocycles. The van der Waals surface area contributed by atoms with Crippen LogP contribution in [0.1, 0.15) is 27.6 Å². The van der Waals surface area contributed by atoms with Crippen molar-refractivity contribution in [1.82, 2.24) is 20.4 Å². The second kappa shape index (κ2) is 9.05. The van der Waals surface area contributed by atoms with Gasteiger partial charge in [-0.05, 0) is 38.0 Å². The smallest absolute Gasteiger partial charge is 0.270 e. The highest BCUT2D eigenvalue weighted by Crippen LogP contribution is 2.27. The van der Waals surface area contributed by atoms with Crippen LogP contribution in [0.4, 0.5) is 11.6 Å². The zero-order valence-corrected chi connectivity index (χ0v) is 16.8. The standard InChI is InChI=1S/C20H23N5O4/c1-12-9-19(25-29-12)24-18-11-15(22-13(2)23-18)20(26)21-8-7-14-5-6-16(27-3)17(10-14)28-4/h5-6,9-11H,7-8H2,1-4H3,(H,21,26)(H,22,23,24,25). The van der Waals surface area contributed by atoms with E-state index in [0.29, 0.717) is 47.7 Å². The molecule has 2 aromatic heterocycles. The van der Waals surface area contributed by atoms with Gasteiger partial charge in [-0.25, -0.2) is 9.97 Å². The van der Waals surface area contributed by atoms with Gasteiger partial charge in [-0.2, -0.15) is 0 Å². The number of anilines is 2. The SMILES string of the molecule is COc1ccc(CCNC(=O)c2cc(Nc3cc(C)on3)nc(C)n2)cc1OC. The molecule has 2 heterocycles. The first kappa shape index (κ1) is 20.1. The first-order valence-electron chi connectivity index (χ1n) is 9.03. The molecule has 0 aliphatic rings. The highest BCUT2D eigenvalue weighted by atomic mass is 16.5. The number of nitrogens with one attached hydrogen (secondary N) is 2. The molecule has 0 aliphatic heterocycles. The van der Waals surface area contributed by atoms with E-state index >= 15 is 0 Å². The van der Waals surface area contributed by atoms with Crippen molar-refractivity contribution < 1.29 is 18.8 Å². The van der Waals surface area contributed by atoms with E-state index in [1.165, 1.54) is 0 Å². The van der Waals surface area contributed by atoms with Crippen molar-refractivity contribution in [2.45, 2.75) is 20.3 Å². The number of hydrogen-bond acceptors (Lipinski definition) is 8. The predicted octanol–water partition coefficient (Wildman–Crippen LogP) is 2.81. The van der Waals surface area contributed by atoms with Crippen molar-refractivity contribution in [3.8, 4) is 11.5 Å². The molecule has 1 aromatic carbocycles. The summed E-state index contributed by atoms with van der Waals surface area (Å²) in [7, 11) is 3.18. The van der Waals surface area contributed by atoms with E-state index < -0.39 is 0 Å². The number of nitrogens with zero attached hydrogens (tertiary/aromatic N) is 3. The minimum absolute atomic E-state index is 0.271. The van der Waals surface area contributed by atoms with Crippen molar-refractivity contribution in [1.29, 1.82) is 0 Å². The first-order valence-corrected chi connectivity index (χ1v) is 9.03. The summed E-state index contributed by atoms with van der Waals surface area (Å²) in [5.41, 5.74) is 1.29. The van der Waals surface area contributed by atoms with E-state index in [1.807, 2.05) is 18.2 Å². The summed E-state index contributed by atoms with van der Waals surface area (Å²) in [5, 5.41) is 9.74. The molecule has 0 spiro atoms. The molecule has 0 bridgehead atoms. The van der Waals surface area contributed by atoms with Gasteiger partial charge in [0.1, 0.15) is 23.1 Å². The summed E-state index contributed by atoms with van der Waals surface area (Å²) >= 11 is 0. The number of methoxy groups -OCH3 is 2. The summed E-state index contributed by atoms with van der Waals surface area (Å²) < 4.78 is 15.6. The topological polar surface area (TPSA) is 111 Å². The largest absolute Gasteiger partial charge is 0.493 e. The number of rotatable bonds is 8. The molecule has 3 aromatic rings. The normalized spacial score (nSPS) is 10.5. The molecule has 152 valence electrons. The van der Waals surface area contributed by atoms with E-state index in [9.17, 15) is 4.79 Å². The molecule has 29 heavy (non-hydrogen) atoms. The molecule has 2 N–H and O–H groups in total. The van der Waals surface area contributed by atoms with Gasteiger partial charge in [-0.15, -0.1) is 0 Å². The van der Waals surface area contributed by atoms with E-state index in [4.69, 9.17) is 14.0 Å². The summed E-state index contributed by atoms with van der Waals surface area (Å²) in [4.78, 5) is 21.0. The molecule has 1 amide bonds. The Hall–Kier alpha value is -3.62. The van der Waals surface area contributed by atoms with Crippen molar-refractivity contribution >= 4 is 17.5 Å². The fraction of sp³-hybridized carbons (Fsp3) is 0.300. The van der Waals surface area contributed by atoms with Crippen LogP contribution in [-0.2, 0) is 6.42 Å². The van der Waals surface area contributed by atoms with E-state index in [-0.39, 0.29) is 11.6 Å². The predicted molar refractivity (Wildman–Crippen MR) is 107 cm³/mol. The molecule has 0 unspecified atom stereocenters. The van der Waals surface area contributed by atoms with Crippen LogP contribution >= 0.6 is 0 Å². The van der Waals surface area contributed by atoms with Gasteiger partial charge in [-0.1, -0.05) is 11.2 Å². The minimum Gasteiger partial charge on any atom is -0.493 e. The highest BCUT2D eigenvalue weighted by molar-refractivity contribution is 5.93. The lowest BCUT2D eigenvalue weighted by molar-refractivity contribution is 0.0949. The molecule has 3 rings (SSSR count). The number of benzene rings is 1. The average Bonchev–Trinajstić information content (AvgIpc) is 3.11. The Labute approximate surface area is 168 Å². The lowest BCUT2D eigenvalue weighted by atomic mass is 10.1. The highest BCUT2D eigenvalue weighted by Gasteiger charge is 2.12. The number of aryl methyl sites for hydroxylation is 2. The number of ether oxygens (including phenoxy) is 2. The van der Waals surface area contributed by atoms with Gasteiger partial charge in [0, 0.05) is 18.7 Å². The summed E-state index contributed by atoms with van der Waals surface area (Å²) in [6.07, 6.45) is 0.638. The van der Waals surface area contributed by atoms with E-state index in [2.05, 4.69) is 25.8 Å². The monoisotopic (exact) mass is 397 g/mol. The molecular formula is C20H23N5O4. The van der Waals surface area contributed by atoms with Crippen LogP contribution in [0, 0.1) is 13.8 Å². The summed E-state index contributed by atoms with van der Waals surface area (Å²) in [6.45, 7) is 3.96. The molecule has 0 fully saturated rings. The van der Waals surface area contributed by atoms with Crippen molar-refractivity contribution in [3.63, 3.8) is 0 Å². The van der Waals surface area contributed by atoms with E-state index in [1.54, 1.807) is 40.2 Å². The van der Waals surface area contributed by atoms with Crippen molar-refractivity contribution in [3.05, 3.63) is 53.2 Å². The zero-order valence-electron chi connectivity index (χ0n) is 16.8. The number of carbonyl (C=O) groups excluding carboxylic acids is 1. The van der Waals surface area contributed by atoms with Gasteiger partial charge in [0.05, 0.1) is 14.2 Å². The number of carbonyl (C=O) groups is 1. The second-order valence-corrected chi connectivity index (χ2v) is 6.33. The second-order valence-electron chi connectivity index (χ2n) is 6.33. The Bertz CT molecular complexity index is 1000. The van der Waals surface area contributed by atoms with Crippen molar-refractivity contribution in [2.24, 2.45) is 0 Å². The van der Waals surface area contributed by atoms with Gasteiger partial charge < -0.3 is 24.6 Å². The third kappa shape index (κ3) is 5.22. The molecular weight excluding hydrogens is 374 g/mol. The molecule has 0 saturated heterocycles. The fourth-order valence-electron chi connectivity index (χ4n) is 2.75. The third-order valence-corrected chi connectivity index (χ3v) is 4.10. The zero-order chi connectivity index (χ0) is 20.8. The number of hydrogen-bond donors (Lipinski definition) is 2. The van der Waals surface area contributed by atoms with E-state index in [0.717, 1.165) is 5.56 Å². The molecule has 9 nitrogen and oxygen atoms in total. The van der Waals surface area contributed by atoms with Gasteiger partial charge in [0.25, 0.3) is 5.91 Å². The van der Waals surface area contributed by atoms with Crippen LogP contribution in [0.5, 0.6) is 11.5 Å². The van der Waals surface area contributed by atoms with Gasteiger partial charge in [0.2, 0.25) is 0 Å². The van der Waals surface area contributed by atoms with Crippen LogP contribution < -0.4 is 20.1 Å². The van der Waals surface area contributed by atoms with Gasteiger partial charge in [-0.3, -0.25) is 4.79 Å². The van der Waals surface area contributed by atoms with Crippen LogP contribution in [0.15, 0.2) is 34.9 Å². The lowest BCUT2D eigenvalue weighted by Crippen LogP contribution is -2.27. The van der Waals surface area contributed by atoms with Crippen molar-refractivity contribution in [2.75, 3.05) is 26.1 Å². The quantitative estimate of drug-likeness (QED) is 0.597. The maximum atomic E-state index is 12.5. The van der Waals surface area contributed by atoms with Crippen LogP contribution in [0.25, 0.3) is 0 Å². The molecule has 9 heteroatoms. The number of aromatic nitrogens is 3. The first-order chi connectivity index (χ1) is 14.0. The van der Waals surface area contributed by atoms with Crippen LogP contribution in [-0.4, -0.2) is 41.8 Å². The molecule has 0 radical (unpaired) electrons. The number of amides is 1. The Morgan fingerprint density at radius 3 is 2.52 bits per heavy atom. The lowest BCUT2D eigenvalue weighted by Gasteiger charge is -2.10. The summed E-state index contributed by atoms with van der Waals surface area (Å²) in [5.74, 6) is 3.17. The minimum atomic E-state index is -0.282. The summed E-state index contributed by atoms with van der Waals surface area (Å²) in [6, 6.07) is 8.97. The average molecular weight is 397 g/mol. The molecule has 0 atom stereocenters. The Balaban J connectivity index is 1.62.